The van der Waals surface area contributed by atoms with Gasteiger partial charge in [-0.3, -0.25) is 9.59 Å². The van der Waals surface area contributed by atoms with Crippen molar-refractivity contribution in [1.82, 2.24) is 15.5 Å². The fourth-order valence-corrected chi connectivity index (χ4v) is 2.05. The van der Waals surface area contributed by atoms with Crippen LogP contribution in [0, 0.1) is 0 Å². The van der Waals surface area contributed by atoms with Crippen molar-refractivity contribution >= 4 is 23.4 Å². The lowest BCUT2D eigenvalue weighted by atomic mass is 10.1. The van der Waals surface area contributed by atoms with E-state index in [-0.39, 0.29) is 6.54 Å². The van der Waals surface area contributed by atoms with Crippen molar-refractivity contribution in [2.75, 3.05) is 40.8 Å². The van der Waals surface area contributed by atoms with Gasteiger partial charge in [0.25, 0.3) is 0 Å². The normalized spacial score (nSPS) is 12.0. The number of halogens is 1. The smallest absolute Gasteiger partial charge is 0.309 e. The van der Waals surface area contributed by atoms with Gasteiger partial charge in [-0.2, -0.15) is 0 Å². The summed E-state index contributed by atoms with van der Waals surface area (Å²) in [5.41, 5.74) is 0.764. The van der Waals surface area contributed by atoms with Crippen LogP contribution in [-0.4, -0.2) is 57.6 Å². The van der Waals surface area contributed by atoms with E-state index in [2.05, 4.69) is 10.6 Å². The van der Waals surface area contributed by atoms with Crippen LogP contribution in [-0.2, 0) is 14.3 Å². The molecule has 0 aliphatic rings. The molecule has 22 heavy (non-hydrogen) atoms. The molecule has 0 heterocycles. The number of nitrogens with zero attached hydrogens (tertiary/aromatic N) is 1. The number of carbonyl (C=O) groups is 2. The summed E-state index contributed by atoms with van der Waals surface area (Å²) in [7, 11) is 5.30. The topological polar surface area (TPSA) is 70.7 Å². The summed E-state index contributed by atoms with van der Waals surface area (Å²) in [6, 6.07) is 7.22. The molecule has 0 spiro atoms. The molecule has 0 aliphatic heterocycles. The van der Waals surface area contributed by atoms with E-state index < -0.39 is 17.9 Å². The molecular formula is C15H22ClN3O3. The summed E-state index contributed by atoms with van der Waals surface area (Å²) in [4.78, 5) is 25.3. The van der Waals surface area contributed by atoms with Gasteiger partial charge < -0.3 is 20.3 Å². The average molecular weight is 328 g/mol. The molecule has 2 amide bonds. The third kappa shape index (κ3) is 6.01. The quantitative estimate of drug-likeness (QED) is 0.728. The van der Waals surface area contributed by atoms with Crippen LogP contribution < -0.4 is 10.6 Å². The second-order valence-electron chi connectivity index (χ2n) is 5.02. The Hall–Kier alpha value is -1.63. The van der Waals surface area contributed by atoms with Crippen LogP contribution in [0.2, 0.25) is 5.02 Å². The Kier molecular flexibility index (Phi) is 7.87. The number of methoxy groups -OCH3 is 1. The van der Waals surface area contributed by atoms with Gasteiger partial charge >= 0.3 is 11.8 Å². The summed E-state index contributed by atoms with van der Waals surface area (Å²) in [6.07, 6.45) is -0.410. The summed E-state index contributed by atoms with van der Waals surface area (Å²) >= 11 is 6.10. The monoisotopic (exact) mass is 327 g/mol. The number of amides is 2. The standard InChI is InChI=1S/C15H22ClN3O3/c1-19(2)9-8-17-14(20)15(21)18-10-13(22-3)11-6-4-5-7-12(11)16/h4-7,13H,8-10H2,1-3H3,(H,17,20)(H,18,21). The highest BCUT2D eigenvalue weighted by molar-refractivity contribution is 6.35. The molecule has 1 aromatic carbocycles. The molecule has 0 saturated heterocycles. The number of benzene rings is 1. The van der Waals surface area contributed by atoms with Gasteiger partial charge in [0.05, 0.1) is 0 Å². The molecule has 1 rings (SSSR count). The first-order valence-electron chi connectivity index (χ1n) is 6.93. The molecular weight excluding hydrogens is 306 g/mol. The first-order valence-corrected chi connectivity index (χ1v) is 7.31. The van der Waals surface area contributed by atoms with Gasteiger partial charge in [0.15, 0.2) is 0 Å². The van der Waals surface area contributed by atoms with Gasteiger partial charge in [-0.25, -0.2) is 0 Å². The van der Waals surface area contributed by atoms with Crippen molar-refractivity contribution in [1.29, 1.82) is 0 Å². The Balaban J connectivity index is 2.47. The van der Waals surface area contributed by atoms with Crippen molar-refractivity contribution in [3.8, 4) is 0 Å². The van der Waals surface area contributed by atoms with E-state index in [1.54, 1.807) is 6.07 Å². The molecule has 1 aromatic rings. The second-order valence-corrected chi connectivity index (χ2v) is 5.42. The van der Waals surface area contributed by atoms with Crippen molar-refractivity contribution in [2.45, 2.75) is 6.10 Å². The van der Waals surface area contributed by atoms with E-state index in [0.717, 1.165) is 5.56 Å². The summed E-state index contributed by atoms with van der Waals surface area (Å²) in [5, 5.41) is 5.65. The van der Waals surface area contributed by atoms with Crippen LogP contribution in [0.15, 0.2) is 24.3 Å². The van der Waals surface area contributed by atoms with Gasteiger partial charge in [0, 0.05) is 37.3 Å². The van der Waals surface area contributed by atoms with Gasteiger partial charge in [-0.05, 0) is 20.2 Å². The average Bonchev–Trinajstić information content (AvgIpc) is 2.48. The number of likely N-dealkylation sites (N-methyl/N-ethyl adjacent to an activating group) is 1. The highest BCUT2D eigenvalue weighted by Crippen LogP contribution is 2.24. The van der Waals surface area contributed by atoms with Crippen molar-refractivity contribution in [2.24, 2.45) is 0 Å². The molecule has 0 radical (unpaired) electrons. The molecule has 6 nitrogen and oxygen atoms in total. The fraction of sp³-hybridized carbons (Fsp3) is 0.467. The lowest BCUT2D eigenvalue weighted by Crippen LogP contribution is -2.43. The third-order valence-electron chi connectivity index (χ3n) is 3.04. The molecule has 0 fully saturated rings. The largest absolute Gasteiger partial charge is 0.375 e. The van der Waals surface area contributed by atoms with Crippen LogP contribution in [0.4, 0.5) is 0 Å². The first kappa shape index (κ1) is 18.4. The van der Waals surface area contributed by atoms with E-state index in [9.17, 15) is 9.59 Å². The van der Waals surface area contributed by atoms with E-state index in [0.29, 0.717) is 18.1 Å². The molecule has 0 saturated carbocycles. The van der Waals surface area contributed by atoms with Crippen LogP contribution in [0.3, 0.4) is 0 Å². The maximum atomic E-state index is 11.7. The van der Waals surface area contributed by atoms with Gasteiger partial charge in [-0.1, -0.05) is 29.8 Å². The van der Waals surface area contributed by atoms with E-state index in [1.807, 2.05) is 37.2 Å². The minimum Gasteiger partial charge on any atom is -0.375 e. The maximum absolute atomic E-state index is 11.7. The highest BCUT2D eigenvalue weighted by atomic mass is 35.5. The summed E-state index contributed by atoms with van der Waals surface area (Å²) in [5.74, 6) is -1.34. The molecule has 1 atom stereocenters. The number of rotatable bonds is 7. The lowest BCUT2D eigenvalue weighted by molar-refractivity contribution is -0.139. The Morgan fingerprint density at radius 2 is 1.86 bits per heavy atom. The lowest BCUT2D eigenvalue weighted by Gasteiger charge is -2.17. The summed E-state index contributed by atoms with van der Waals surface area (Å²) < 4.78 is 5.32. The minimum atomic E-state index is -0.687. The third-order valence-corrected chi connectivity index (χ3v) is 3.38. The molecule has 2 N–H and O–H groups in total. The van der Waals surface area contributed by atoms with E-state index >= 15 is 0 Å². The maximum Gasteiger partial charge on any atom is 0.309 e. The Bertz CT molecular complexity index is 509. The predicted octanol–water partition coefficient (Wildman–Crippen LogP) is 0.822. The number of hydrogen-bond acceptors (Lipinski definition) is 4. The SMILES string of the molecule is COC(CNC(=O)C(=O)NCCN(C)C)c1ccccc1Cl. The van der Waals surface area contributed by atoms with Crippen LogP contribution in [0.1, 0.15) is 11.7 Å². The summed E-state index contributed by atoms with van der Waals surface area (Å²) in [6.45, 7) is 1.25. The number of nitrogens with one attached hydrogen (secondary N) is 2. The zero-order chi connectivity index (χ0) is 16.5. The fourth-order valence-electron chi connectivity index (χ4n) is 1.80. The van der Waals surface area contributed by atoms with E-state index in [4.69, 9.17) is 16.3 Å². The Morgan fingerprint density at radius 3 is 2.45 bits per heavy atom. The minimum absolute atomic E-state index is 0.167. The zero-order valence-corrected chi connectivity index (χ0v) is 13.8. The Morgan fingerprint density at radius 1 is 1.23 bits per heavy atom. The first-order chi connectivity index (χ1) is 10.5. The molecule has 0 aliphatic carbocycles. The number of ether oxygens (including phenoxy) is 1. The molecule has 0 aromatic heterocycles. The highest BCUT2D eigenvalue weighted by Gasteiger charge is 2.18. The van der Waals surface area contributed by atoms with Crippen molar-refractivity contribution in [3.63, 3.8) is 0 Å². The molecule has 0 bridgehead atoms. The molecule has 7 heteroatoms. The molecule has 1 unspecified atom stereocenters. The van der Waals surface area contributed by atoms with E-state index in [1.165, 1.54) is 7.11 Å². The second kappa shape index (κ2) is 9.40. The Labute approximate surface area is 135 Å². The van der Waals surface area contributed by atoms with Gasteiger partial charge in [0.1, 0.15) is 6.10 Å². The predicted molar refractivity (Wildman–Crippen MR) is 85.8 cm³/mol. The number of hydrogen-bond donors (Lipinski definition) is 2. The molecule has 122 valence electrons. The van der Waals surface area contributed by atoms with Crippen LogP contribution in [0.25, 0.3) is 0 Å². The number of carbonyl (C=O) groups excluding carboxylic acids is 2. The van der Waals surface area contributed by atoms with Crippen LogP contribution in [0.5, 0.6) is 0 Å². The van der Waals surface area contributed by atoms with Gasteiger partial charge in [-0.15, -0.1) is 0 Å². The van der Waals surface area contributed by atoms with Crippen LogP contribution >= 0.6 is 11.6 Å². The zero-order valence-electron chi connectivity index (χ0n) is 13.1. The van der Waals surface area contributed by atoms with Crippen molar-refractivity contribution < 1.29 is 14.3 Å². The van der Waals surface area contributed by atoms with Crippen molar-refractivity contribution in [3.05, 3.63) is 34.9 Å². The van der Waals surface area contributed by atoms with Gasteiger partial charge in [0.2, 0.25) is 0 Å².